The fourth-order valence-corrected chi connectivity index (χ4v) is 5.06. The predicted octanol–water partition coefficient (Wildman–Crippen LogP) is 5.64. The molecular weight excluding hydrogens is 475 g/mol. The number of aryl methyl sites for hydroxylation is 1. The molecule has 0 aliphatic carbocycles. The number of aromatic nitrogens is 1. The van der Waals surface area contributed by atoms with Gasteiger partial charge < -0.3 is 19.4 Å². The molecule has 1 aliphatic heterocycles. The summed E-state index contributed by atoms with van der Waals surface area (Å²) in [5.41, 5.74) is 7.18. The quantitative estimate of drug-likeness (QED) is 0.271. The summed E-state index contributed by atoms with van der Waals surface area (Å²) in [7, 11) is -0.900. The van der Waals surface area contributed by atoms with Gasteiger partial charge in [-0.25, -0.2) is 4.98 Å². The zero-order valence-corrected chi connectivity index (χ0v) is 21.7. The van der Waals surface area contributed by atoms with Gasteiger partial charge in [-0.1, -0.05) is 43.6 Å². The van der Waals surface area contributed by atoms with Crippen molar-refractivity contribution < 1.29 is 14.1 Å². The lowest BCUT2D eigenvalue weighted by Gasteiger charge is -2.21. The van der Waals surface area contributed by atoms with Gasteiger partial charge in [0.05, 0.1) is 29.4 Å². The Kier molecular flexibility index (Phi) is 6.41. The molecular formula is C28H28BClN2O4. The van der Waals surface area contributed by atoms with Crippen LogP contribution in [0.25, 0.3) is 22.2 Å². The van der Waals surface area contributed by atoms with Crippen LogP contribution in [-0.4, -0.2) is 17.1 Å². The Morgan fingerprint density at radius 1 is 1.11 bits per heavy atom. The van der Waals surface area contributed by atoms with Gasteiger partial charge >= 0.3 is 7.12 Å². The van der Waals surface area contributed by atoms with E-state index in [0.717, 1.165) is 33.4 Å². The van der Waals surface area contributed by atoms with Crippen molar-refractivity contribution in [3.63, 3.8) is 0 Å². The molecule has 2 N–H and O–H groups in total. The van der Waals surface area contributed by atoms with E-state index in [9.17, 15) is 9.82 Å². The summed E-state index contributed by atoms with van der Waals surface area (Å²) >= 11 is 6.29. The predicted molar refractivity (Wildman–Crippen MR) is 145 cm³/mol. The van der Waals surface area contributed by atoms with Gasteiger partial charge in [0.2, 0.25) is 0 Å². The molecule has 0 saturated carbocycles. The van der Waals surface area contributed by atoms with Crippen LogP contribution in [0.5, 0.6) is 0 Å². The first-order valence-corrected chi connectivity index (χ1v) is 12.5. The van der Waals surface area contributed by atoms with E-state index in [-0.39, 0.29) is 17.4 Å². The minimum Gasteiger partial charge on any atom is -0.460 e. The third-order valence-corrected chi connectivity index (χ3v) is 6.94. The second-order valence-corrected chi connectivity index (χ2v) is 10.2. The summed E-state index contributed by atoms with van der Waals surface area (Å²) in [6.07, 6.45) is 0. The highest BCUT2D eigenvalue weighted by atomic mass is 35.5. The van der Waals surface area contributed by atoms with Gasteiger partial charge in [-0.15, -0.1) is 0 Å². The summed E-state index contributed by atoms with van der Waals surface area (Å²) < 4.78 is 11.7. The van der Waals surface area contributed by atoms with Gasteiger partial charge in [-0.2, -0.15) is 0 Å². The summed E-state index contributed by atoms with van der Waals surface area (Å²) in [5.74, 6) is 0.801. The molecule has 0 radical (unpaired) electrons. The molecule has 0 unspecified atom stereocenters. The second kappa shape index (κ2) is 9.39. The Labute approximate surface area is 215 Å². The SMILES string of the molecule is Cc1cc([C@@H](C)Nc2ccc(Cl)nc2-c2ccc3c(c2)COB3O)c2oc(C(C)C)c(C)c(=O)c2c1. The molecule has 1 atom stereocenters. The minimum atomic E-state index is -0.900. The molecule has 5 rings (SSSR count). The number of benzene rings is 2. The maximum Gasteiger partial charge on any atom is 0.491 e. The fraction of sp³-hybridized carbons (Fsp3) is 0.286. The van der Waals surface area contributed by atoms with Crippen LogP contribution in [-0.2, 0) is 11.3 Å². The number of pyridine rings is 1. The normalized spacial score (nSPS) is 13.9. The van der Waals surface area contributed by atoms with E-state index >= 15 is 0 Å². The molecule has 4 aromatic rings. The molecule has 184 valence electrons. The number of nitrogens with zero attached hydrogens (tertiary/aromatic N) is 1. The Morgan fingerprint density at radius 3 is 2.64 bits per heavy atom. The first kappa shape index (κ1) is 24.6. The number of nitrogens with one attached hydrogen (secondary N) is 1. The van der Waals surface area contributed by atoms with E-state index in [1.165, 1.54) is 0 Å². The number of hydrogen-bond acceptors (Lipinski definition) is 6. The van der Waals surface area contributed by atoms with Crippen molar-refractivity contribution in [1.82, 2.24) is 4.98 Å². The molecule has 0 fully saturated rings. The summed E-state index contributed by atoms with van der Waals surface area (Å²) in [6.45, 7) is 10.2. The van der Waals surface area contributed by atoms with Crippen molar-refractivity contribution in [2.24, 2.45) is 0 Å². The van der Waals surface area contributed by atoms with Crippen LogP contribution in [0.2, 0.25) is 5.15 Å². The van der Waals surface area contributed by atoms with Gasteiger partial charge in [-0.05, 0) is 61.6 Å². The summed E-state index contributed by atoms with van der Waals surface area (Å²) in [6, 6.07) is 13.1. The maximum atomic E-state index is 13.2. The third-order valence-electron chi connectivity index (χ3n) is 6.73. The lowest BCUT2D eigenvalue weighted by atomic mass is 9.79. The molecule has 0 spiro atoms. The van der Waals surface area contributed by atoms with Crippen LogP contribution in [0.4, 0.5) is 5.69 Å². The average molecular weight is 503 g/mol. The average Bonchev–Trinajstić information content (AvgIpc) is 3.22. The second-order valence-electron chi connectivity index (χ2n) is 9.78. The standard InChI is InChI=1S/C28H28BClN2O4/c1-14(2)27-16(4)26(33)21-11-15(3)10-20(28(21)36-27)17(5)31-23-8-9-24(30)32-25(23)18-6-7-22-19(12-18)13-35-29(22)34/h6-12,14,17,31,34H,13H2,1-5H3/t17-/m1/s1. The Morgan fingerprint density at radius 2 is 1.89 bits per heavy atom. The molecule has 1 aliphatic rings. The molecule has 0 amide bonds. The minimum absolute atomic E-state index is 0.00787. The summed E-state index contributed by atoms with van der Waals surface area (Å²) in [5, 5.41) is 14.5. The number of halogens is 1. The molecule has 0 saturated heterocycles. The molecule has 2 aromatic heterocycles. The lowest BCUT2D eigenvalue weighted by molar-refractivity contribution is 0.275. The van der Waals surface area contributed by atoms with E-state index in [2.05, 4.69) is 16.4 Å². The van der Waals surface area contributed by atoms with Gasteiger partial charge in [0, 0.05) is 22.6 Å². The van der Waals surface area contributed by atoms with Crippen LogP contribution in [0, 0.1) is 13.8 Å². The monoisotopic (exact) mass is 502 g/mol. The van der Waals surface area contributed by atoms with E-state index in [0.29, 0.717) is 39.7 Å². The molecule has 3 heterocycles. The topological polar surface area (TPSA) is 84.6 Å². The largest absolute Gasteiger partial charge is 0.491 e. The van der Waals surface area contributed by atoms with Gasteiger partial charge in [0.15, 0.2) is 5.43 Å². The Hall–Kier alpha value is -3.13. The highest BCUT2D eigenvalue weighted by molar-refractivity contribution is 6.61. The van der Waals surface area contributed by atoms with Crippen LogP contribution in [0.3, 0.4) is 0 Å². The van der Waals surface area contributed by atoms with Crippen molar-refractivity contribution in [2.45, 2.75) is 53.2 Å². The molecule has 6 nitrogen and oxygen atoms in total. The van der Waals surface area contributed by atoms with Crippen molar-refractivity contribution in [3.8, 4) is 11.3 Å². The number of fused-ring (bicyclic) bond motifs is 2. The number of hydrogen-bond donors (Lipinski definition) is 2. The highest BCUT2D eigenvalue weighted by Gasteiger charge is 2.28. The fourth-order valence-electron chi connectivity index (χ4n) is 4.92. The number of anilines is 1. The van der Waals surface area contributed by atoms with Gasteiger partial charge in [0.1, 0.15) is 16.5 Å². The molecule has 2 aromatic carbocycles. The van der Waals surface area contributed by atoms with E-state index < -0.39 is 7.12 Å². The molecule has 8 heteroatoms. The molecule has 0 bridgehead atoms. The molecule has 36 heavy (non-hydrogen) atoms. The first-order valence-electron chi connectivity index (χ1n) is 12.1. The zero-order valence-electron chi connectivity index (χ0n) is 21.0. The highest BCUT2D eigenvalue weighted by Crippen LogP contribution is 2.34. The third kappa shape index (κ3) is 4.32. The first-order chi connectivity index (χ1) is 17.1. The lowest BCUT2D eigenvalue weighted by Crippen LogP contribution is -2.27. The maximum absolute atomic E-state index is 13.2. The van der Waals surface area contributed by atoms with Crippen LogP contribution in [0.15, 0.2) is 51.7 Å². The van der Waals surface area contributed by atoms with Crippen LogP contribution >= 0.6 is 11.6 Å². The van der Waals surface area contributed by atoms with Gasteiger partial charge in [0.25, 0.3) is 0 Å². The Balaban J connectivity index is 1.59. The van der Waals surface area contributed by atoms with Crippen LogP contribution < -0.4 is 16.2 Å². The smallest absolute Gasteiger partial charge is 0.460 e. The van der Waals surface area contributed by atoms with Crippen molar-refractivity contribution in [3.05, 3.63) is 85.9 Å². The van der Waals surface area contributed by atoms with Crippen LogP contribution in [0.1, 0.15) is 60.7 Å². The van der Waals surface area contributed by atoms with E-state index in [4.69, 9.17) is 20.7 Å². The van der Waals surface area contributed by atoms with E-state index in [1.807, 2.05) is 65.0 Å². The number of rotatable bonds is 5. The summed E-state index contributed by atoms with van der Waals surface area (Å²) in [4.78, 5) is 17.8. The van der Waals surface area contributed by atoms with Crippen molar-refractivity contribution in [2.75, 3.05) is 5.32 Å². The van der Waals surface area contributed by atoms with Crippen molar-refractivity contribution >= 4 is 40.8 Å². The van der Waals surface area contributed by atoms with Gasteiger partial charge in [-0.3, -0.25) is 4.79 Å². The zero-order chi connectivity index (χ0) is 25.7. The van der Waals surface area contributed by atoms with E-state index in [1.54, 1.807) is 6.07 Å². The Bertz CT molecular complexity index is 1550. The van der Waals surface area contributed by atoms with Crippen molar-refractivity contribution in [1.29, 1.82) is 0 Å².